The summed E-state index contributed by atoms with van der Waals surface area (Å²) in [6.45, 7) is 2.73. The van der Waals surface area contributed by atoms with Gasteiger partial charge in [0.1, 0.15) is 0 Å². The number of halogens is 8. The molecule has 0 amide bonds. The molecule has 0 aromatic rings. The molecular weight excluding hydrogens is 492 g/mol. The molecule has 17 heteroatoms. The molecule has 1 atom stereocenters. The molecule has 8 nitrogen and oxygen atoms in total. The van der Waals surface area contributed by atoms with Crippen LogP contribution in [0, 0.1) is 5.92 Å². The number of carbonyl (C=O) groups is 2. The second-order valence-corrected chi connectivity index (χ2v) is 7.95. The van der Waals surface area contributed by atoms with E-state index >= 15 is 0 Å². The quantitative estimate of drug-likeness (QED) is 0.0984. The van der Waals surface area contributed by atoms with Crippen molar-refractivity contribution in [3.63, 3.8) is 0 Å². The van der Waals surface area contributed by atoms with E-state index in [0.717, 1.165) is 0 Å². The molecule has 1 unspecified atom stereocenters. The van der Waals surface area contributed by atoms with Gasteiger partial charge in [0.25, 0.3) is 0 Å². The lowest BCUT2D eigenvalue weighted by molar-refractivity contribution is -0.355. The Balaban J connectivity index is 5.78. The summed E-state index contributed by atoms with van der Waals surface area (Å²) < 4.78 is 149. The predicted octanol–water partition coefficient (Wildman–Crippen LogP) is 3.04. The topological polar surface area (TPSA) is 119 Å². The molecule has 0 heterocycles. The Labute approximate surface area is 176 Å². The molecule has 0 N–H and O–H groups in total. The molecule has 0 fully saturated rings. The van der Waals surface area contributed by atoms with Gasteiger partial charge in [-0.3, -0.25) is 0 Å². The van der Waals surface area contributed by atoms with Gasteiger partial charge in [-0.2, -0.15) is 35.1 Å². The van der Waals surface area contributed by atoms with Crippen molar-refractivity contribution in [1.29, 1.82) is 0 Å². The van der Waals surface area contributed by atoms with Crippen LogP contribution in [0.15, 0.2) is 12.4 Å². The van der Waals surface area contributed by atoms with Crippen LogP contribution < -0.4 is 0 Å². The normalized spacial score (nSPS) is 15.2. The van der Waals surface area contributed by atoms with Crippen LogP contribution in [0.4, 0.5) is 35.1 Å². The average molecular weight is 509 g/mol. The molecule has 0 saturated carbocycles. The van der Waals surface area contributed by atoms with Crippen LogP contribution in [0.3, 0.4) is 0 Å². The van der Waals surface area contributed by atoms with E-state index in [1.165, 1.54) is 13.8 Å². The van der Waals surface area contributed by atoms with Gasteiger partial charge in [-0.15, -0.1) is 0 Å². The van der Waals surface area contributed by atoms with Gasteiger partial charge >= 0.3 is 35.1 Å². The van der Waals surface area contributed by atoms with Crippen molar-refractivity contribution in [2.75, 3.05) is 13.2 Å². The first-order valence-corrected chi connectivity index (χ1v) is 9.70. The molecule has 0 radical (unpaired) electrons. The zero-order valence-corrected chi connectivity index (χ0v) is 17.1. The molecule has 0 aromatic carbocycles. The maximum absolute atomic E-state index is 13.5. The molecule has 0 bridgehead atoms. The molecule has 0 aliphatic rings. The molecule has 0 aliphatic heterocycles. The average Bonchev–Trinajstić information content (AvgIpc) is 2.59. The van der Waals surface area contributed by atoms with Crippen LogP contribution in [-0.2, 0) is 33.9 Å². The lowest BCUT2D eigenvalue weighted by Gasteiger charge is -2.32. The monoisotopic (exact) mass is 509 g/mol. The van der Waals surface area contributed by atoms with E-state index in [4.69, 9.17) is 0 Å². The number of rotatable bonds is 12. The Hall–Kier alpha value is -2.01. The van der Waals surface area contributed by atoms with E-state index in [0.29, 0.717) is 0 Å². The Morgan fingerprint density at radius 3 is 1.94 bits per heavy atom. The van der Waals surface area contributed by atoms with Crippen molar-refractivity contribution >= 4 is 22.1 Å². The van der Waals surface area contributed by atoms with Crippen molar-refractivity contribution in [3.05, 3.63) is 12.4 Å². The number of esters is 2. The SMILES string of the molecule is C=C(F)C(=O)OC(OCCCC(F)(F)C(F)(F)S(=O)(=O)[O-])(C(=O)OCC(C)C)C(F)(F)F. The smallest absolute Gasteiger partial charge is 0.468 e. The molecule has 0 saturated heterocycles. The van der Waals surface area contributed by atoms with E-state index in [-0.39, 0.29) is 0 Å². The summed E-state index contributed by atoms with van der Waals surface area (Å²) in [6.07, 6.45) is -9.71. The largest absolute Gasteiger partial charge is 0.743 e. The third-order valence-electron chi connectivity index (χ3n) is 3.33. The third kappa shape index (κ3) is 6.99. The molecule has 0 spiro atoms. The second-order valence-electron chi connectivity index (χ2n) is 6.53. The van der Waals surface area contributed by atoms with Crippen molar-refractivity contribution in [2.24, 2.45) is 5.92 Å². The summed E-state index contributed by atoms with van der Waals surface area (Å²) >= 11 is 0. The standard InChI is InChI=1S/C15H18F8O8S/c1-8(2)7-29-11(25)13(14(19,20)21,31-10(24)9(3)16)30-6-4-5-12(17,18)15(22,23)32(26,27)28/h8H,3-7H2,1-2H3,(H,26,27,28)/p-1. The predicted molar refractivity (Wildman–Crippen MR) is 85.7 cm³/mol. The zero-order chi connectivity index (χ0) is 25.8. The summed E-state index contributed by atoms with van der Waals surface area (Å²) in [5.74, 6) is -17.8. The van der Waals surface area contributed by atoms with Gasteiger partial charge in [0, 0.05) is 6.42 Å². The maximum Gasteiger partial charge on any atom is 0.468 e. The number of hydrogen-bond acceptors (Lipinski definition) is 8. The Morgan fingerprint density at radius 1 is 1.06 bits per heavy atom. The highest BCUT2D eigenvalue weighted by Gasteiger charge is 2.68. The first-order chi connectivity index (χ1) is 14.1. The van der Waals surface area contributed by atoms with Crippen LogP contribution in [0.5, 0.6) is 0 Å². The van der Waals surface area contributed by atoms with Crippen LogP contribution in [0.1, 0.15) is 26.7 Å². The highest BCUT2D eigenvalue weighted by molar-refractivity contribution is 7.86. The highest BCUT2D eigenvalue weighted by Crippen LogP contribution is 2.42. The second kappa shape index (κ2) is 10.3. The van der Waals surface area contributed by atoms with Gasteiger partial charge in [0.05, 0.1) is 13.2 Å². The molecule has 0 rings (SSSR count). The van der Waals surface area contributed by atoms with Crippen LogP contribution in [0.2, 0.25) is 0 Å². The van der Waals surface area contributed by atoms with Gasteiger partial charge in [-0.1, -0.05) is 20.4 Å². The fourth-order valence-electron chi connectivity index (χ4n) is 1.75. The van der Waals surface area contributed by atoms with Crippen LogP contribution in [0.25, 0.3) is 0 Å². The summed E-state index contributed by atoms with van der Waals surface area (Å²) in [6, 6.07) is 0. The van der Waals surface area contributed by atoms with Crippen LogP contribution >= 0.6 is 0 Å². The van der Waals surface area contributed by atoms with Crippen molar-refractivity contribution in [1.82, 2.24) is 0 Å². The van der Waals surface area contributed by atoms with E-state index in [1.807, 2.05) is 0 Å². The van der Waals surface area contributed by atoms with Crippen LogP contribution in [-0.4, -0.2) is 61.3 Å². The number of carbonyl (C=O) groups excluding carboxylic acids is 2. The maximum atomic E-state index is 13.5. The Morgan fingerprint density at radius 2 is 1.56 bits per heavy atom. The number of hydrogen-bond donors (Lipinski definition) is 0. The number of ether oxygens (including phenoxy) is 3. The summed E-state index contributed by atoms with van der Waals surface area (Å²) in [5.41, 5.74) is 0. The first kappa shape index (κ1) is 30.0. The zero-order valence-electron chi connectivity index (χ0n) is 16.3. The third-order valence-corrected chi connectivity index (χ3v) is 4.25. The van der Waals surface area contributed by atoms with Gasteiger partial charge in [0.15, 0.2) is 10.1 Å². The minimum Gasteiger partial charge on any atom is -0.743 e. The fourth-order valence-corrected chi connectivity index (χ4v) is 2.22. The van der Waals surface area contributed by atoms with Crippen molar-refractivity contribution < 1.29 is 71.9 Å². The van der Waals surface area contributed by atoms with E-state index in [1.54, 1.807) is 0 Å². The summed E-state index contributed by atoms with van der Waals surface area (Å²) in [4.78, 5) is 23.2. The van der Waals surface area contributed by atoms with E-state index in [2.05, 4.69) is 20.8 Å². The minimum absolute atomic E-state index is 0.563. The Kier molecular flexibility index (Phi) is 9.64. The Bertz CT molecular complexity index is 809. The molecular formula is C15H17F8O8S-. The van der Waals surface area contributed by atoms with Crippen molar-refractivity contribution in [2.45, 2.75) is 49.8 Å². The van der Waals surface area contributed by atoms with E-state index in [9.17, 15) is 57.7 Å². The minimum atomic E-state index is -6.85. The molecule has 0 aliphatic carbocycles. The van der Waals surface area contributed by atoms with Gasteiger partial charge in [-0.05, 0) is 12.3 Å². The highest BCUT2D eigenvalue weighted by atomic mass is 32.2. The molecule has 0 aromatic heterocycles. The molecule has 188 valence electrons. The van der Waals surface area contributed by atoms with Crippen molar-refractivity contribution in [3.8, 4) is 0 Å². The summed E-state index contributed by atoms with van der Waals surface area (Å²) in [5, 5.41) is -6.12. The first-order valence-electron chi connectivity index (χ1n) is 8.29. The number of alkyl halides is 7. The van der Waals surface area contributed by atoms with Gasteiger partial charge < -0.3 is 18.8 Å². The lowest BCUT2D eigenvalue weighted by Crippen LogP contribution is -2.58. The summed E-state index contributed by atoms with van der Waals surface area (Å²) in [7, 11) is -6.85. The molecule has 32 heavy (non-hydrogen) atoms. The van der Waals surface area contributed by atoms with Gasteiger partial charge in [0.2, 0.25) is 5.83 Å². The van der Waals surface area contributed by atoms with Gasteiger partial charge in [-0.25, -0.2) is 18.0 Å². The fraction of sp³-hybridized carbons (Fsp3) is 0.733. The van der Waals surface area contributed by atoms with E-state index < -0.39 is 83.0 Å². The lowest BCUT2D eigenvalue weighted by atomic mass is 10.2.